The number of nitrogens with two attached hydrogens (primary N) is 1. The molecule has 0 saturated heterocycles. The monoisotopic (exact) mass is 256 g/mol. The van der Waals surface area contributed by atoms with E-state index in [0.717, 1.165) is 6.26 Å². The van der Waals surface area contributed by atoms with Gasteiger partial charge < -0.3 is 11.1 Å². The first-order chi connectivity index (χ1) is 7.93. The first-order valence-electron chi connectivity index (χ1n) is 5.23. The Morgan fingerprint density at radius 1 is 1.29 bits per heavy atom. The van der Waals surface area contributed by atoms with Crippen molar-refractivity contribution in [1.29, 1.82) is 0 Å². The van der Waals surface area contributed by atoms with Gasteiger partial charge in [0.1, 0.15) is 0 Å². The third-order valence-electron chi connectivity index (χ3n) is 2.17. The van der Waals surface area contributed by atoms with Crippen LogP contribution in [0.3, 0.4) is 0 Å². The normalized spacial score (nSPS) is 11.2. The van der Waals surface area contributed by atoms with Crippen molar-refractivity contribution >= 4 is 21.4 Å². The maximum Gasteiger partial charge on any atom is 0.224 e. The Balaban J connectivity index is 2.66. The van der Waals surface area contributed by atoms with E-state index < -0.39 is 9.84 Å². The first-order valence-corrected chi connectivity index (χ1v) is 7.12. The van der Waals surface area contributed by atoms with Gasteiger partial charge in [0.15, 0.2) is 9.84 Å². The summed E-state index contributed by atoms with van der Waals surface area (Å²) in [6.45, 7) is 0.473. The molecule has 0 aliphatic heterocycles. The Morgan fingerprint density at radius 2 is 1.88 bits per heavy atom. The van der Waals surface area contributed by atoms with Gasteiger partial charge in [-0.05, 0) is 37.2 Å². The first kappa shape index (κ1) is 13.7. The van der Waals surface area contributed by atoms with Crippen LogP contribution < -0.4 is 11.1 Å². The van der Waals surface area contributed by atoms with E-state index in [9.17, 15) is 13.2 Å². The van der Waals surface area contributed by atoms with Gasteiger partial charge in [-0.25, -0.2) is 8.42 Å². The summed E-state index contributed by atoms with van der Waals surface area (Å²) < 4.78 is 22.4. The van der Waals surface area contributed by atoms with E-state index in [0.29, 0.717) is 25.1 Å². The third kappa shape index (κ3) is 4.54. The number of carbonyl (C=O) groups is 1. The molecule has 0 aliphatic rings. The Hall–Kier alpha value is -1.40. The van der Waals surface area contributed by atoms with Gasteiger partial charge in [0, 0.05) is 18.4 Å². The quantitative estimate of drug-likeness (QED) is 0.814. The molecule has 1 rings (SSSR count). The van der Waals surface area contributed by atoms with Crippen molar-refractivity contribution in [2.75, 3.05) is 18.1 Å². The summed E-state index contributed by atoms with van der Waals surface area (Å²) in [5.74, 6) is -0.123. The lowest BCUT2D eigenvalue weighted by atomic mass is 10.2. The topological polar surface area (TPSA) is 89.3 Å². The molecular formula is C11H16N2O3S. The fourth-order valence-electron chi connectivity index (χ4n) is 1.27. The minimum Gasteiger partial charge on any atom is -0.330 e. The minimum absolute atomic E-state index is 0.123. The predicted molar refractivity (Wildman–Crippen MR) is 66.5 cm³/mol. The lowest BCUT2D eigenvalue weighted by Gasteiger charge is -2.05. The SMILES string of the molecule is CS(=O)(=O)c1ccc(NC(=O)CCCN)cc1. The highest BCUT2D eigenvalue weighted by molar-refractivity contribution is 7.90. The van der Waals surface area contributed by atoms with Crippen LogP contribution in [0.15, 0.2) is 29.2 Å². The summed E-state index contributed by atoms with van der Waals surface area (Å²) in [5, 5.41) is 2.67. The number of carbonyl (C=O) groups excluding carboxylic acids is 1. The van der Waals surface area contributed by atoms with Gasteiger partial charge in [0.2, 0.25) is 5.91 Å². The molecule has 0 aliphatic carbocycles. The smallest absolute Gasteiger partial charge is 0.224 e. The van der Waals surface area contributed by atoms with Gasteiger partial charge in [-0.15, -0.1) is 0 Å². The Bertz CT molecular complexity index is 480. The Morgan fingerprint density at radius 3 is 2.35 bits per heavy atom. The largest absolute Gasteiger partial charge is 0.330 e. The van der Waals surface area contributed by atoms with Crippen LogP contribution >= 0.6 is 0 Å². The van der Waals surface area contributed by atoms with Crippen molar-refractivity contribution in [1.82, 2.24) is 0 Å². The fraction of sp³-hybridized carbons (Fsp3) is 0.364. The lowest BCUT2D eigenvalue weighted by molar-refractivity contribution is -0.116. The van der Waals surface area contributed by atoms with Crippen molar-refractivity contribution in [3.63, 3.8) is 0 Å². The molecule has 94 valence electrons. The zero-order chi connectivity index (χ0) is 12.9. The van der Waals surface area contributed by atoms with Crippen LogP contribution in [0.5, 0.6) is 0 Å². The van der Waals surface area contributed by atoms with E-state index in [4.69, 9.17) is 5.73 Å². The van der Waals surface area contributed by atoms with Crippen molar-refractivity contribution in [2.45, 2.75) is 17.7 Å². The predicted octanol–water partition coefficient (Wildman–Crippen LogP) is 0.767. The second kappa shape index (κ2) is 5.79. The van der Waals surface area contributed by atoms with Crippen LogP contribution in [0.25, 0.3) is 0 Å². The molecule has 5 nitrogen and oxygen atoms in total. The number of nitrogens with one attached hydrogen (secondary N) is 1. The van der Waals surface area contributed by atoms with Crippen LogP contribution in [-0.4, -0.2) is 27.1 Å². The highest BCUT2D eigenvalue weighted by Gasteiger charge is 2.07. The summed E-state index contributed by atoms with van der Waals surface area (Å²) in [5.41, 5.74) is 5.87. The van der Waals surface area contributed by atoms with Crippen molar-refractivity contribution in [3.05, 3.63) is 24.3 Å². The summed E-state index contributed by atoms with van der Waals surface area (Å²) in [7, 11) is -3.19. The molecule has 0 heterocycles. The molecule has 1 aromatic rings. The molecule has 3 N–H and O–H groups in total. The standard InChI is InChI=1S/C11H16N2O3S/c1-17(15,16)10-6-4-9(5-7-10)13-11(14)3-2-8-12/h4-7H,2-3,8,12H2,1H3,(H,13,14). The van der Waals surface area contributed by atoms with Crippen molar-refractivity contribution in [3.8, 4) is 0 Å². The maximum atomic E-state index is 11.4. The molecule has 6 heteroatoms. The summed E-state index contributed by atoms with van der Waals surface area (Å²) in [6.07, 6.45) is 2.14. The number of sulfone groups is 1. The zero-order valence-corrected chi connectivity index (χ0v) is 10.5. The van der Waals surface area contributed by atoms with Gasteiger partial charge in [0.05, 0.1) is 4.90 Å². The molecule has 0 bridgehead atoms. The molecule has 17 heavy (non-hydrogen) atoms. The van der Waals surface area contributed by atoms with Crippen LogP contribution in [0.2, 0.25) is 0 Å². The van der Waals surface area contributed by atoms with Crippen molar-refractivity contribution < 1.29 is 13.2 Å². The highest BCUT2D eigenvalue weighted by atomic mass is 32.2. The van der Waals surface area contributed by atoms with Crippen LogP contribution in [0, 0.1) is 0 Å². The van der Waals surface area contributed by atoms with E-state index in [1.54, 1.807) is 12.1 Å². The average molecular weight is 256 g/mol. The summed E-state index contributed by atoms with van der Waals surface area (Å²) in [6, 6.07) is 6.06. The Labute approximate surface area is 101 Å². The zero-order valence-electron chi connectivity index (χ0n) is 9.64. The number of anilines is 1. The van der Waals surface area contributed by atoms with Crippen molar-refractivity contribution in [2.24, 2.45) is 5.73 Å². The number of rotatable bonds is 5. The van der Waals surface area contributed by atoms with E-state index in [1.165, 1.54) is 12.1 Å². The molecule has 0 unspecified atom stereocenters. The second-order valence-electron chi connectivity index (χ2n) is 3.74. The van der Waals surface area contributed by atoms with E-state index >= 15 is 0 Å². The molecule has 0 atom stereocenters. The van der Waals surface area contributed by atoms with Gasteiger partial charge in [0.25, 0.3) is 0 Å². The number of benzene rings is 1. The number of amides is 1. The van der Waals surface area contributed by atoms with Gasteiger partial charge >= 0.3 is 0 Å². The molecule has 0 radical (unpaired) electrons. The fourth-order valence-corrected chi connectivity index (χ4v) is 1.90. The van der Waals surface area contributed by atoms with Gasteiger partial charge in [-0.2, -0.15) is 0 Å². The molecule has 0 aromatic heterocycles. The van der Waals surface area contributed by atoms with E-state index in [1.807, 2.05) is 0 Å². The second-order valence-corrected chi connectivity index (χ2v) is 5.75. The Kier molecular flexibility index (Phi) is 4.65. The summed E-state index contributed by atoms with van der Waals surface area (Å²) in [4.78, 5) is 11.6. The molecule has 0 fully saturated rings. The number of hydrogen-bond acceptors (Lipinski definition) is 4. The molecule has 0 spiro atoms. The highest BCUT2D eigenvalue weighted by Crippen LogP contribution is 2.14. The van der Waals surface area contributed by atoms with E-state index in [-0.39, 0.29) is 10.8 Å². The molecule has 1 amide bonds. The average Bonchev–Trinajstić information content (AvgIpc) is 2.26. The van der Waals surface area contributed by atoms with Crippen LogP contribution in [-0.2, 0) is 14.6 Å². The molecule has 1 aromatic carbocycles. The molecule has 0 saturated carbocycles. The third-order valence-corrected chi connectivity index (χ3v) is 3.30. The van der Waals surface area contributed by atoms with Gasteiger partial charge in [-0.1, -0.05) is 0 Å². The molecular weight excluding hydrogens is 240 g/mol. The summed E-state index contributed by atoms with van der Waals surface area (Å²) >= 11 is 0. The van der Waals surface area contributed by atoms with E-state index in [2.05, 4.69) is 5.32 Å². The minimum atomic E-state index is -3.19. The maximum absolute atomic E-state index is 11.4. The lowest BCUT2D eigenvalue weighted by Crippen LogP contribution is -2.13. The van der Waals surface area contributed by atoms with Gasteiger partial charge in [-0.3, -0.25) is 4.79 Å². The van der Waals surface area contributed by atoms with Crippen LogP contribution in [0.4, 0.5) is 5.69 Å². The number of hydrogen-bond donors (Lipinski definition) is 2. The van der Waals surface area contributed by atoms with Crippen LogP contribution in [0.1, 0.15) is 12.8 Å².